The molecular weight excluding hydrogens is 524 g/mol. The van der Waals surface area contributed by atoms with Gasteiger partial charge in [-0.1, -0.05) is 57.7 Å². The van der Waals surface area contributed by atoms with Crippen LogP contribution in [0, 0.1) is 0 Å². The number of nitrogens with one attached hydrogen (secondary N) is 1. The summed E-state index contributed by atoms with van der Waals surface area (Å²) >= 11 is 0. The largest absolute Gasteiger partial charge is 0.473 e. The lowest BCUT2D eigenvalue weighted by Gasteiger charge is -2.22. The quantitative estimate of drug-likeness (QED) is 0.187. The minimum absolute atomic E-state index is 0.0501. The minimum atomic E-state index is -1.82. The van der Waals surface area contributed by atoms with Crippen molar-refractivity contribution in [3.63, 3.8) is 0 Å². The highest BCUT2D eigenvalue weighted by Crippen LogP contribution is 2.26. The first kappa shape index (κ1) is 35.7. The van der Waals surface area contributed by atoms with Gasteiger partial charge in [-0.05, 0) is 32.0 Å². The number of carboxylic acid groups (broad SMARTS) is 4. The maximum atomic E-state index is 12.8. The summed E-state index contributed by atoms with van der Waals surface area (Å²) in [5.74, 6) is -6.40. The molecule has 5 N–H and O–H groups in total. The molecule has 1 aromatic carbocycles. The Balaban J connectivity index is 0.00000106. The van der Waals surface area contributed by atoms with Crippen molar-refractivity contribution in [2.75, 3.05) is 43.9 Å². The highest BCUT2D eigenvalue weighted by atomic mass is 16.4. The van der Waals surface area contributed by atoms with Gasteiger partial charge in [-0.15, -0.1) is 0 Å². The van der Waals surface area contributed by atoms with Crippen LogP contribution in [0.25, 0.3) is 10.9 Å². The van der Waals surface area contributed by atoms with Gasteiger partial charge in [0.15, 0.2) is 0 Å². The molecule has 1 aromatic heterocycles. The highest BCUT2D eigenvalue weighted by Gasteiger charge is 2.14. The summed E-state index contributed by atoms with van der Waals surface area (Å²) in [5, 5.41) is 33.7. The number of benzene rings is 1. The second-order valence-corrected chi connectivity index (χ2v) is 8.90. The summed E-state index contributed by atoms with van der Waals surface area (Å²) in [6, 6.07) is 9.91. The molecule has 0 fully saturated rings. The summed E-state index contributed by atoms with van der Waals surface area (Å²) in [7, 11) is 3.93. The second-order valence-electron chi connectivity index (χ2n) is 8.90. The van der Waals surface area contributed by atoms with Crippen LogP contribution >= 0.6 is 0 Å². The lowest BCUT2D eigenvalue weighted by Crippen LogP contribution is -2.35. The van der Waals surface area contributed by atoms with Gasteiger partial charge in [0, 0.05) is 25.5 Å². The van der Waals surface area contributed by atoms with Crippen molar-refractivity contribution >= 4 is 52.2 Å². The number of rotatable bonds is 12. The number of nitrogens with zero attached hydrogens (tertiary/aromatic N) is 3. The van der Waals surface area contributed by atoms with Crippen LogP contribution in [0.3, 0.4) is 0 Å². The van der Waals surface area contributed by atoms with Crippen LogP contribution in [0.1, 0.15) is 52.4 Å². The molecule has 0 saturated heterocycles. The molecule has 0 aliphatic rings. The zero-order chi connectivity index (χ0) is 30.7. The number of unbranched alkanes of at least 4 members (excludes halogenated alkanes) is 4. The van der Waals surface area contributed by atoms with Gasteiger partial charge >= 0.3 is 23.9 Å². The van der Waals surface area contributed by atoms with Gasteiger partial charge in [0.2, 0.25) is 5.91 Å². The van der Waals surface area contributed by atoms with Gasteiger partial charge < -0.3 is 30.6 Å². The Morgan fingerprint density at radius 2 is 1.25 bits per heavy atom. The number of carbonyl (C=O) groups is 5. The average Bonchev–Trinajstić information content (AvgIpc) is 2.89. The molecule has 0 aliphatic carbocycles. The molecule has 0 spiro atoms. The molecule has 13 heteroatoms. The van der Waals surface area contributed by atoms with Crippen molar-refractivity contribution in [1.82, 2.24) is 9.88 Å². The molecule has 0 atom stereocenters. The van der Waals surface area contributed by atoms with E-state index in [-0.39, 0.29) is 5.91 Å². The molecule has 40 heavy (non-hydrogen) atoms. The summed E-state index contributed by atoms with van der Waals surface area (Å²) in [5.41, 5.74) is 1.73. The lowest BCUT2D eigenvalue weighted by molar-refractivity contribution is -0.159. The topological polar surface area (TPSA) is 198 Å². The van der Waals surface area contributed by atoms with E-state index in [2.05, 4.69) is 29.0 Å². The predicted molar refractivity (Wildman–Crippen MR) is 151 cm³/mol. The van der Waals surface area contributed by atoms with Gasteiger partial charge in [-0.25, -0.2) is 24.2 Å². The SMILES string of the molecule is CCCCCN(CCCCC)CC(=O)Nc1cc(N(C)C)nc2ccccc12.O=C(O)C(=O)O.O=C(O)C(=O)O. The molecule has 1 amide bonds. The smallest absolute Gasteiger partial charge is 0.414 e. The third-order valence-corrected chi connectivity index (χ3v) is 5.32. The van der Waals surface area contributed by atoms with E-state index in [9.17, 15) is 4.79 Å². The Labute approximate surface area is 233 Å². The van der Waals surface area contributed by atoms with Crippen molar-refractivity contribution in [2.24, 2.45) is 0 Å². The lowest BCUT2D eigenvalue weighted by atomic mass is 10.1. The van der Waals surface area contributed by atoms with Gasteiger partial charge in [-0.2, -0.15) is 0 Å². The number of hydrogen-bond donors (Lipinski definition) is 5. The molecule has 0 aliphatic heterocycles. The van der Waals surface area contributed by atoms with Gasteiger partial charge in [0.25, 0.3) is 0 Å². The van der Waals surface area contributed by atoms with Crippen LogP contribution < -0.4 is 10.2 Å². The monoisotopic (exact) mass is 564 g/mol. The van der Waals surface area contributed by atoms with E-state index >= 15 is 0 Å². The molecule has 2 aromatic rings. The first-order valence-corrected chi connectivity index (χ1v) is 12.9. The minimum Gasteiger partial charge on any atom is -0.473 e. The van der Waals surface area contributed by atoms with Crippen molar-refractivity contribution in [1.29, 1.82) is 0 Å². The van der Waals surface area contributed by atoms with Crippen LogP contribution in [0.4, 0.5) is 11.5 Å². The number of carbonyl (C=O) groups excluding carboxylic acids is 1. The standard InChI is InChI=1S/C23H36N4O.2C2H2O4/c1-5-7-11-15-27(16-12-8-6-2)18-23(28)25-21-17-22(26(3)4)24-20-14-10-9-13-19(20)21;2*3-1(4)2(5)6/h9-10,13-14,17H,5-8,11-12,15-16,18H2,1-4H3,(H,24,25,28);2*(H,3,4)(H,5,6). The van der Waals surface area contributed by atoms with E-state index in [1.54, 1.807) is 0 Å². The summed E-state index contributed by atoms with van der Waals surface area (Å²) in [6.07, 6.45) is 7.13. The molecular formula is C27H40N4O9. The first-order valence-electron chi connectivity index (χ1n) is 12.9. The van der Waals surface area contributed by atoms with Gasteiger partial charge in [-0.3, -0.25) is 9.69 Å². The fourth-order valence-corrected chi connectivity index (χ4v) is 3.33. The van der Waals surface area contributed by atoms with Gasteiger partial charge in [0.05, 0.1) is 17.7 Å². The Hall–Kier alpha value is -4.26. The number of amides is 1. The number of fused-ring (bicyclic) bond motifs is 1. The van der Waals surface area contributed by atoms with Crippen molar-refractivity contribution in [2.45, 2.75) is 52.4 Å². The first-order chi connectivity index (χ1) is 18.8. The van der Waals surface area contributed by atoms with Crippen molar-refractivity contribution < 1.29 is 44.4 Å². The molecule has 0 unspecified atom stereocenters. The molecule has 1 heterocycles. The fourth-order valence-electron chi connectivity index (χ4n) is 3.33. The van der Waals surface area contributed by atoms with Crippen LogP contribution in [0.15, 0.2) is 30.3 Å². The number of aliphatic carboxylic acids is 4. The summed E-state index contributed by atoms with van der Waals surface area (Å²) < 4.78 is 0. The van der Waals surface area contributed by atoms with E-state index in [0.717, 1.165) is 48.3 Å². The molecule has 0 bridgehead atoms. The normalized spacial score (nSPS) is 10.0. The van der Waals surface area contributed by atoms with Crippen molar-refractivity contribution in [3.8, 4) is 0 Å². The molecule has 0 radical (unpaired) electrons. The van der Waals surface area contributed by atoms with E-state index < -0.39 is 23.9 Å². The maximum absolute atomic E-state index is 12.8. The van der Waals surface area contributed by atoms with Gasteiger partial charge in [0.1, 0.15) is 5.82 Å². The summed E-state index contributed by atoms with van der Waals surface area (Å²) in [6.45, 7) is 6.85. The third-order valence-electron chi connectivity index (χ3n) is 5.32. The van der Waals surface area contributed by atoms with E-state index in [4.69, 9.17) is 39.6 Å². The fraction of sp³-hybridized carbons (Fsp3) is 0.481. The van der Waals surface area contributed by atoms with Crippen LogP contribution in [-0.2, 0) is 24.0 Å². The number of para-hydroxylation sites is 1. The number of anilines is 2. The molecule has 222 valence electrons. The van der Waals surface area contributed by atoms with E-state index in [0.29, 0.717) is 6.54 Å². The number of hydrogen-bond acceptors (Lipinski definition) is 8. The Morgan fingerprint density at radius 3 is 1.68 bits per heavy atom. The van der Waals surface area contributed by atoms with Crippen LogP contribution in [0.2, 0.25) is 0 Å². The second kappa shape index (κ2) is 19.8. The number of aromatic nitrogens is 1. The maximum Gasteiger partial charge on any atom is 0.414 e. The van der Waals surface area contributed by atoms with E-state index in [1.165, 1.54) is 25.7 Å². The van der Waals surface area contributed by atoms with Crippen molar-refractivity contribution in [3.05, 3.63) is 30.3 Å². The van der Waals surface area contributed by atoms with E-state index in [1.807, 2.05) is 49.3 Å². The molecule has 0 saturated carbocycles. The zero-order valence-electron chi connectivity index (χ0n) is 23.4. The third kappa shape index (κ3) is 15.2. The summed E-state index contributed by atoms with van der Waals surface area (Å²) in [4.78, 5) is 58.2. The average molecular weight is 565 g/mol. The number of pyridine rings is 1. The Kier molecular flexibility index (Phi) is 17.7. The Bertz CT molecular complexity index is 1060. The Morgan fingerprint density at radius 1 is 0.775 bits per heavy atom. The van der Waals surface area contributed by atoms with Crippen LogP contribution in [-0.4, -0.2) is 93.8 Å². The zero-order valence-corrected chi connectivity index (χ0v) is 23.4. The molecule has 13 nitrogen and oxygen atoms in total. The molecule has 2 rings (SSSR count). The predicted octanol–water partition coefficient (Wildman–Crippen LogP) is 3.23. The highest BCUT2D eigenvalue weighted by molar-refractivity contribution is 6.27. The van der Waals surface area contributed by atoms with Crippen LogP contribution in [0.5, 0.6) is 0 Å². The number of carboxylic acids is 4.